The van der Waals surface area contributed by atoms with E-state index in [1.165, 1.54) is 0 Å². The van der Waals surface area contributed by atoms with E-state index < -0.39 is 0 Å². The van der Waals surface area contributed by atoms with E-state index in [-0.39, 0.29) is 24.6 Å². The molecule has 0 aromatic carbocycles. The maximum Gasteiger partial charge on any atom is 0.0665 e. The number of aliphatic hydroxyl groups is 1. The fourth-order valence-electron chi connectivity index (χ4n) is 0.557. The molecule has 0 aromatic rings. The van der Waals surface area contributed by atoms with Crippen LogP contribution < -0.4 is 5.73 Å². The standard InChI is InChI=1S/C6H15NO.ClH/c1-4(2)6(7)5(3)8;/h4-6,8H,7H2,1-3H3;1H/t5?,6-;/m1./s1. The summed E-state index contributed by atoms with van der Waals surface area (Å²) in [6.45, 7) is 5.71. The average molecular weight is 154 g/mol. The zero-order valence-corrected chi connectivity index (χ0v) is 6.98. The molecule has 9 heavy (non-hydrogen) atoms. The van der Waals surface area contributed by atoms with E-state index in [1.807, 2.05) is 13.8 Å². The highest BCUT2D eigenvalue weighted by Crippen LogP contribution is 2.01. The van der Waals surface area contributed by atoms with Crippen LogP contribution in [0.25, 0.3) is 0 Å². The molecule has 3 N–H and O–H groups in total. The van der Waals surface area contributed by atoms with Crippen molar-refractivity contribution in [3.05, 3.63) is 0 Å². The molecule has 0 amide bonds. The van der Waals surface area contributed by atoms with Crippen molar-refractivity contribution in [1.29, 1.82) is 0 Å². The Hall–Kier alpha value is 0.210. The van der Waals surface area contributed by atoms with Crippen molar-refractivity contribution >= 4 is 12.4 Å². The van der Waals surface area contributed by atoms with E-state index >= 15 is 0 Å². The second kappa shape index (κ2) is 5.03. The van der Waals surface area contributed by atoms with Crippen molar-refractivity contribution in [2.45, 2.75) is 32.9 Å². The first-order valence-electron chi connectivity index (χ1n) is 2.99. The summed E-state index contributed by atoms with van der Waals surface area (Å²) in [6, 6.07) is -0.0741. The molecule has 0 saturated heterocycles. The maximum absolute atomic E-state index is 8.87. The fraction of sp³-hybridized carbons (Fsp3) is 1.00. The molecule has 0 aliphatic rings. The third kappa shape index (κ3) is 4.70. The lowest BCUT2D eigenvalue weighted by molar-refractivity contribution is 0.142. The molecule has 1 unspecified atom stereocenters. The summed E-state index contributed by atoms with van der Waals surface area (Å²) in [5, 5.41) is 8.87. The molecule has 0 rings (SSSR count). The second-order valence-electron chi connectivity index (χ2n) is 2.56. The molecular weight excluding hydrogens is 138 g/mol. The molecule has 0 aliphatic carbocycles. The van der Waals surface area contributed by atoms with Crippen LogP contribution in [0.2, 0.25) is 0 Å². The first kappa shape index (κ1) is 11.9. The van der Waals surface area contributed by atoms with Crippen molar-refractivity contribution in [2.24, 2.45) is 11.7 Å². The minimum atomic E-state index is -0.380. The SMILES string of the molecule is CC(C)[C@@H](N)C(C)O.Cl. The van der Waals surface area contributed by atoms with E-state index in [9.17, 15) is 0 Å². The van der Waals surface area contributed by atoms with E-state index in [1.54, 1.807) is 6.92 Å². The Labute approximate surface area is 62.9 Å². The van der Waals surface area contributed by atoms with Crippen molar-refractivity contribution < 1.29 is 5.11 Å². The van der Waals surface area contributed by atoms with Gasteiger partial charge in [0.2, 0.25) is 0 Å². The van der Waals surface area contributed by atoms with E-state index in [2.05, 4.69) is 0 Å². The maximum atomic E-state index is 8.87. The van der Waals surface area contributed by atoms with Crippen molar-refractivity contribution in [2.75, 3.05) is 0 Å². The number of nitrogens with two attached hydrogens (primary N) is 1. The van der Waals surface area contributed by atoms with Crippen LogP contribution in [0.15, 0.2) is 0 Å². The Morgan fingerprint density at radius 1 is 1.22 bits per heavy atom. The van der Waals surface area contributed by atoms with Crippen LogP contribution in [0.4, 0.5) is 0 Å². The van der Waals surface area contributed by atoms with Gasteiger partial charge in [-0.2, -0.15) is 0 Å². The third-order valence-corrected chi connectivity index (χ3v) is 1.33. The smallest absolute Gasteiger partial charge is 0.0665 e. The van der Waals surface area contributed by atoms with Gasteiger partial charge in [-0.1, -0.05) is 13.8 Å². The summed E-state index contributed by atoms with van der Waals surface area (Å²) >= 11 is 0. The largest absolute Gasteiger partial charge is 0.392 e. The van der Waals surface area contributed by atoms with Crippen molar-refractivity contribution in [1.82, 2.24) is 0 Å². The van der Waals surface area contributed by atoms with E-state index in [0.29, 0.717) is 5.92 Å². The highest BCUT2D eigenvalue weighted by atomic mass is 35.5. The molecular formula is C6H16ClNO. The second-order valence-corrected chi connectivity index (χ2v) is 2.56. The predicted octanol–water partition coefficient (Wildman–Crippen LogP) is 0.772. The zero-order chi connectivity index (χ0) is 6.73. The number of hydrogen-bond acceptors (Lipinski definition) is 2. The van der Waals surface area contributed by atoms with Crippen LogP contribution in [0.5, 0.6) is 0 Å². The predicted molar refractivity (Wildman–Crippen MR) is 41.7 cm³/mol. The van der Waals surface area contributed by atoms with Crippen LogP contribution in [0.1, 0.15) is 20.8 Å². The summed E-state index contributed by atoms with van der Waals surface area (Å²) in [5.74, 6) is 0.370. The Balaban J connectivity index is 0. The molecule has 2 atom stereocenters. The molecule has 0 heterocycles. The molecule has 3 heteroatoms. The van der Waals surface area contributed by atoms with Gasteiger partial charge in [-0.05, 0) is 12.8 Å². The fourth-order valence-corrected chi connectivity index (χ4v) is 0.557. The summed E-state index contributed by atoms with van der Waals surface area (Å²) in [5.41, 5.74) is 5.51. The quantitative estimate of drug-likeness (QED) is 0.616. The Kier molecular flexibility index (Phi) is 6.68. The van der Waals surface area contributed by atoms with Gasteiger partial charge < -0.3 is 10.8 Å². The average Bonchev–Trinajstić information content (AvgIpc) is 1.64. The van der Waals surface area contributed by atoms with Gasteiger partial charge in [0.25, 0.3) is 0 Å². The number of halogens is 1. The first-order chi connectivity index (χ1) is 3.55. The Morgan fingerprint density at radius 3 is 1.56 bits per heavy atom. The van der Waals surface area contributed by atoms with Crippen molar-refractivity contribution in [3.63, 3.8) is 0 Å². The van der Waals surface area contributed by atoms with E-state index in [4.69, 9.17) is 10.8 Å². The number of rotatable bonds is 2. The van der Waals surface area contributed by atoms with Gasteiger partial charge in [-0.3, -0.25) is 0 Å². The lowest BCUT2D eigenvalue weighted by Gasteiger charge is -2.17. The lowest BCUT2D eigenvalue weighted by Crippen LogP contribution is -2.36. The van der Waals surface area contributed by atoms with Gasteiger partial charge in [0, 0.05) is 6.04 Å². The summed E-state index contributed by atoms with van der Waals surface area (Å²) in [7, 11) is 0. The van der Waals surface area contributed by atoms with Crippen LogP contribution in [0.3, 0.4) is 0 Å². The number of aliphatic hydroxyl groups excluding tert-OH is 1. The first-order valence-corrected chi connectivity index (χ1v) is 2.99. The minimum Gasteiger partial charge on any atom is -0.392 e. The topological polar surface area (TPSA) is 46.2 Å². The van der Waals surface area contributed by atoms with E-state index in [0.717, 1.165) is 0 Å². The van der Waals surface area contributed by atoms with Gasteiger partial charge in [-0.15, -0.1) is 12.4 Å². The molecule has 0 bridgehead atoms. The number of hydrogen-bond donors (Lipinski definition) is 2. The third-order valence-electron chi connectivity index (χ3n) is 1.33. The van der Waals surface area contributed by atoms with Gasteiger partial charge >= 0.3 is 0 Å². The van der Waals surface area contributed by atoms with Crippen LogP contribution in [-0.2, 0) is 0 Å². The molecule has 58 valence electrons. The molecule has 0 saturated carbocycles. The van der Waals surface area contributed by atoms with Crippen LogP contribution >= 0.6 is 12.4 Å². The molecule has 0 aromatic heterocycles. The molecule has 0 radical (unpaired) electrons. The Bertz CT molecular complexity index is 58.1. The summed E-state index contributed by atoms with van der Waals surface area (Å²) < 4.78 is 0. The molecule has 0 fully saturated rings. The van der Waals surface area contributed by atoms with Gasteiger partial charge in [0.1, 0.15) is 0 Å². The van der Waals surface area contributed by atoms with Gasteiger partial charge in [0.15, 0.2) is 0 Å². The minimum absolute atomic E-state index is 0. The van der Waals surface area contributed by atoms with Crippen molar-refractivity contribution in [3.8, 4) is 0 Å². The van der Waals surface area contributed by atoms with Crippen LogP contribution in [0, 0.1) is 5.92 Å². The van der Waals surface area contributed by atoms with Crippen LogP contribution in [-0.4, -0.2) is 17.3 Å². The van der Waals surface area contributed by atoms with Gasteiger partial charge in [0.05, 0.1) is 6.10 Å². The molecule has 2 nitrogen and oxygen atoms in total. The monoisotopic (exact) mass is 153 g/mol. The lowest BCUT2D eigenvalue weighted by atomic mass is 10.0. The molecule has 0 aliphatic heterocycles. The van der Waals surface area contributed by atoms with Gasteiger partial charge in [-0.25, -0.2) is 0 Å². The summed E-state index contributed by atoms with van der Waals surface area (Å²) in [6.07, 6.45) is -0.380. The Morgan fingerprint density at radius 2 is 1.56 bits per heavy atom. The highest BCUT2D eigenvalue weighted by Gasteiger charge is 2.11. The normalized spacial score (nSPS) is 16.7. The summed E-state index contributed by atoms with van der Waals surface area (Å²) in [4.78, 5) is 0. The highest BCUT2D eigenvalue weighted by molar-refractivity contribution is 5.85. The molecule has 0 spiro atoms. The zero-order valence-electron chi connectivity index (χ0n) is 6.16.